The van der Waals surface area contributed by atoms with E-state index in [4.69, 9.17) is 0 Å². The van der Waals surface area contributed by atoms with E-state index in [0.717, 1.165) is 67.9 Å². The monoisotopic (exact) mass is 468 g/mol. The number of hydrogen-bond acceptors (Lipinski definition) is 3. The molecule has 2 N–H and O–H groups in total. The highest BCUT2D eigenvalue weighted by atomic mass is 16.2. The molecule has 1 fully saturated rings. The van der Waals surface area contributed by atoms with E-state index >= 15 is 0 Å². The number of anilines is 3. The van der Waals surface area contributed by atoms with Crippen LogP contribution in [0.3, 0.4) is 0 Å². The van der Waals surface area contributed by atoms with Crippen molar-refractivity contribution in [2.24, 2.45) is 0 Å². The summed E-state index contributed by atoms with van der Waals surface area (Å²) < 4.78 is 0. The van der Waals surface area contributed by atoms with Gasteiger partial charge in [-0.2, -0.15) is 0 Å². The van der Waals surface area contributed by atoms with E-state index in [0.29, 0.717) is 11.3 Å². The number of urea groups is 1. The Morgan fingerprint density at radius 2 is 1.51 bits per heavy atom. The molecule has 1 saturated heterocycles. The summed E-state index contributed by atoms with van der Waals surface area (Å²) in [5, 5.41) is 5.90. The molecule has 5 rings (SSSR count). The van der Waals surface area contributed by atoms with Crippen molar-refractivity contribution in [2.75, 3.05) is 35.2 Å². The van der Waals surface area contributed by atoms with E-state index in [9.17, 15) is 9.59 Å². The molecule has 180 valence electrons. The molecule has 0 aliphatic carbocycles. The van der Waals surface area contributed by atoms with Gasteiger partial charge in [0, 0.05) is 43.2 Å². The Morgan fingerprint density at radius 1 is 0.800 bits per heavy atom. The Morgan fingerprint density at radius 3 is 2.26 bits per heavy atom. The van der Waals surface area contributed by atoms with Crippen molar-refractivity contribution in [3.8, 4) is 0 Å². The number of fused-ring (bicyclic) bond motifs is 1. The number of amides is 3. The number of likely N-dealkylation sites (tertiary alicyclic amines) is 1. The molecule has 0 aromatic heterocycles. The van der Waals surface area contributed by atoms with Gasteiger partial charge in [0.2, 0.25) is 0 Å². The van der Waals surface area contributed by atoms with Gasteiger partial charge >= 0.3 is 6.03 Å². The molecule has 2 heterocycles. The van der Waals surface area contributed by atoms with E-state index in [1.807, 2.05) is 55.1 Å². The summed E-state index contributed by atoms with van der Waals surface area (Å²) in [6.07, 6.45) is 3.02. The highest BCUT2D eigenvalue weighted by molar-refractivity contribution is 6.04. The molecule has 2 aliphatic rings. The fourth-order valence-corrected chi connectivity index (χ4v) is 5.14. The third-order valence-electron chi connectivity index (χ3n) is 7.07. The van der Waals surface area contributed by atoms with Gasteiger partial charge in [0.1, 0.15) is 0 Å². The smallest absolute Gasteiger partial charge is 0.323 e. The topological polar surface area (TPSA) is 64.7 Å². The molecule has 3 amide bonds. The predicted molar refractivity (Wildman–Crippen MR) is 141 cm³/mol. The Bertz CT molecular complexity index is 1240. The minimum Gasteiger partial charge on any atom is -0.366 e. The van der Waals surface area contributed by atoms with Crippen molar-refractivity contribution in [1.29, 1.82) is 0 Å². The number of benzene rings is 3. The molecule has 2 aliphatic heterocycles. The van der Waals surface area contributed by atoms with Crippen LogP contribution in [0.25, 0.3) is 0 Å². The maximum Gasteiger partial charge on any atom is 0.323 e. The van der Waals surface area contributed by atoms with E-state index in [-0.39, 0.29) is 11.9 Å². The van der Waals surface area contributed by atoms with Gasteiger partial charge < -0.3 is 20.4 Å². The largest absolute Gasteiger partial charge is 0.366 e. The van der Waals surface area contributed by atoms with Gasteiger partial charge in [-0.25, -0.2) is 4.79 Å². The predicted octanol–water partition coefficient (Wildman–Crippen LogP) is 5.75. The number of nitrogens with zero attached hydrogens (tertiary/aromatic N) is 2. The Balaban J connectivity index is 1.41. The molecule has 6 nitrogen and oxygen atoms in total. The van der Waals surface area contributed by atoms with Crippen molar-refractivity contribution in [1.82, 2.24) is 4.90 Å². The Kier molecular flexibility index (Phi) is 6.45. The lowest BCUT2D eigenvalue weighted by Crippen LogP contribution is -2.34. The SMILES string of the molecule is Cc1cccc(C)c1NC(=O)Nc1ccc(N2CCc3ccccc3C2)c(C(=O)N2CCCC2)c1. The molecular formula is C29H32N4O2. The van der Waals surface area contributed by atoms with Crippen LogP contribution in [0.5, 0.6) is 0 Å². The van der Waals surface area contributed by atoms with E-state index < -0.39 is 0 Å². The molecule has 6 heteroatoms. The number of carbonyl (C=O) groups is 2. The lowest BCUT2D eigenvalue weighted by atomic mass is 9.98. The Labute approximate surface area is 206 Å². The van der Waals surface area contributed by atoms with Crippen LogP contribution in [0, 0.1) is 13.8 Å². The highest BCUT2D eigenvalue weighted by Gasteiger charge is 2.26. The molecule has 3 aromatic rings. The van der Waals surface area contributed by atoms with Crippen LogP contribution < -0.4 is 15.5 Å². The first-order valence-electron chi connectivity index (χ1n) is 12.4. The second-order valence-electron chi connectivity index (χ2n) is 9.52. The summed E-state index contributed by atoms with van der Waals surface area (Å²) >= 11 is 0. The van der Waals surface area contributed by atoms with E-state index in [1.54, 1.807) is 0 Å². The van der Waals surface area contributed by atoms with Crippen LogP contribution in [0.15, 0.2) is 60.7 Å². The summed E-state index contributed by atoms with van der Waals surface area (Å²) in [5.74, 6) is 0.0372. The molecule has 0 saturated carbocycles. The average Bonchev–Trinajstić information content (AvgIpc) is 3.41. The quantitative estimate of drug-likeness (QED) is 0.513. The maximum absolute atomic E-state index is 13.5. The zero-order valence-electron chi connectivity index (χ0n) is 20.4. The lowest BCUT2D eigenvalue weighted by molar-refractivity contribution is 0.0793. The van der Waals surface area contributed by atoms with Gasteiger partial charge in [0.05, 0.1) is 5.56 Å². The second-order valence-corrected chi connectivity index (χ2v) is 9.52. The van der Waals surface area contributed by atoms with Crippen LogP contribution in [-0.4, -0.2) is 36.5 Å². The highest BCUT2D eigenvalue weighted by Crippen LogP contribution is 2.31. The Hall–Kier alpha value is -3.80. The summed E-state index contributed by atoms with van der Waals surface area (Å²) in [4.78, 5) is 30.6. The molecule has 3 aromatic carbocycles. The molecule has 0 bridgehead atoms. The van der Waals surface area contributed by atoms with Gasteiger partial charge in [-0.15, -0.1) is 0 Å². The maximum atomic E-state index is 13.5. The fourth-order valence-electron chi connectivity index (χ4n) is 5.14. The van der Waals surface area contributed by atoms with Crippen LogP contribution in [-0.2, 0) is 13.0 Å². The summed E-state index contributed by atoms with van der Waals surface area (Å²) in [5.41, 5.74) is 7.68. The molecule has 0 unspecified atom stereocenters. The van der Waals surface area contributed by atoms with Gasteiger partial charge in [-0.3, -0.25) is 4.79 Å². The standard InChI is InChI=1S/C29H32N4O2/c1-20-8-7-9-21(2)27(20)31-29(35)30-24-12-13-26(25(18-24)28(34)32-15-5-6-16-32)33-17-14-22-10-3-4-11-23(22)19-33/h3-4,7-13,18H,5-6,14-17,19H2,1-2H3,(H2,30,31,35). The zero-order valence-corrected chi connectivity index (χ0v) is 20.4. The number of aryl methyl sites for hydroxylation is 2. The zero-order chi connectivity index (χ0) is 24.4. The van der Waals surface area contributed by atoms with Gasteiger partial charge in [-0.05, 0) is 73.6 Å². The van der Waals surface area contributed by atoms with Crippen molar-refractivity contribution in [3.05, 3.63) is 88.5 Å². The average molecular weight is 469 g/mol. The van der Waals surface area contributed by atoms with E-state index in [2.05, 4.69) is 39.8 Å². The van der Waals surface area contributed by atoms with Gasteiger partial charge in [0.25, 0.3) is 5.91 Å². The van der Waals surface area contributed by atoms with Crippen LogP contribution >= 0.6 is 0 Å². The summed E-state index contributed by atoms with van der Waals surface area (Å²) in [6.45, 7) is 7.15. The number of nitrogens with one attached hydrogen (secondary N) is 2. The molecule has 0 radical (unpaired) electrons. The van der Waals surface area contributed by atoms with Crippen LogP contribution in [0.1, 0.15) is 45.5 Å². The molecular weight excluding hydrogens is 436 g/mol. The third-order valence-corrected chi connectivity index (χ3v) is 7.07. The first kappa shape index (κ1) is 23.0. The van der Waals surface area contributed by atoms with Crippen LogP contribution in [0.4, 0.5) is 21.9 Å². The molecule has 35 heavy (non-hydrogen) atoms. The number of para-hydroxylation sites is 1. The van der Waals surface area contributed by atoms with Gasteiger partial charge in [-0.1, -0.05) is 42.5 Å². The first-order valence-corrected chi connectivity index (χ1v) is 12.4. The number of rotatable bonds is 4. The fraction of sp³-hybridized carbons (Fsp3) is 0.310. The van der Waals surface area contributed by atoms with Crippen LogP contribution in [0.2, 0.25) is 0 Å². The minimum atomic E-state index is -0.318. The van der Waals surface area contributed by atoms with Crippen molar-refractivity contribution < 1.29 is 9.59 Å². The second kappa shape index (κ2) is 9.82. The lowest BCUT2D eigenvalue weighted by Gasteiger charge is -2.33. The van der Waals surface area contributed by atoms with Gasteiger partial charge in [0.15, 0.2) is 0 Å². The molecule has 0 spiro atoms. The summed E-state index contributed by atoms with van der Waals surface area (Å²) in [6, 6.07) is 19.8. The van der Waals surface area contributed by atoms with Crippen molar-refractivity contribution in [3.63, 3.8) is 0 Å². The van der Waals surface area contributed by atoms with Crippen molar-refractivity contribution >= 4 is 29.0 Å². The summed E-state index contributed by atoms with van der Waals surface area (Å²) in [7, 11) is 0. The minimum absolute atomic E-state index is 0.0372. The number of carbonyl (C=O) groups excluding carboxylic acids is 2. The molecule has 0 atom stereocenters. The third kappa shape index (κ3) is 4.87. The van der Waals surface area contributed by atoms with E-state index in [1.165, 1.54) is 11.1 Å². The number of hydrogen-bond donors (Lipinski definition) is 2. The first-order chi connectivity index (χ1) is 17.0. The van der Waals surface area contributed by atoms with Crippen molar-refractivity contribution in [2.45, 2.75) is 39.7 Å². The normalized spacial score (nSPS) is 15.0.